The minimum absolute atomic E-state index is 0.0169. The van der Waals surface area contributed by atoms with Crippen LogP contribution in [0.1, 0.15) is 82.4 Å². The predicted octanol–water partition coefficient (Wildman–Crippen LogP) is 7.26. The van der Waals surface area contributed by atoms with Crippen molar-refractivity contribution in [3.8, 4) is 16.8 Å². The molecule has 53 heavy (non-hydrogen) atoms. The summed E-state index contributed by atoms with van der Waals surface area (Å²) in [5.41, 5.74) is 6.86. The number of carbonyl (C=O) groups excluding carboxylic acids is 2. The fourth-order valence-electron chi connectivity index (χ4n) is 6.30. The Hall–Kier alpha value is -5.06. The maximum absolute atomic E-state index is 14.9. The standard InChI is InChI=1S/C35H37ClF5N9O3/c1-19(35(39,40)41)46-32(52)53-16-27(21-7-12-25(36)26(13-21)50-29(28(37)38)43-18-45-50)49-30(51)34(47-31(49)42,17-33(2,3)4)23-8-5-20(6-9-23)22-14-44-48(15-22)24-10-11-24/h5-9,12-15,18-19,24,27-28H,10-11,16-17H2,1-4H3,(H2,42,47)(H,46,52)/t19-,27+,34+/m0/s1. The summed E-state index contributed by atoms with van der Waals surface area (Å²) in [5.74, 6) is -1.59. The molecule has 0 bridgehead atoms. The van der Waals surface area contributed by atoms with Gasteiger partial charge in [-0.3, -0.25) is 14.4 Å². The number of nitrogens with one attached hydrogen (secondary N) is 1. The van der Waals surface area contributed by atoms with Crippen LogP contribution in [-0.4, -0.2) is 66.2 Å². The van der Waals surface area contributed by atoms with Crippen LogP contribution in [0.2, 0.25) is 5.02 Å². The number of amides is 2. The average molecular weight is 762 g/mol. The van der Waals surface area contributed by atoms with Gasteiger partial charge in [-0.1, -0.05) is 62.7 Å². The van der Waals surface area contributed by atoms with Crippen LogP contribution in [0.15, 0.2) is 66.2 Å². The van der Waals surface area contributed by atoms with Crippen molar-refractivity contribution in [2.45, 2.75) is 83.2 Å². The largest absolute Gasteiger partial charge is 0.447 e. The molecule has 1 saturated carbocycles. The molecule has 1 aliphatic carbocycles. The lowest BCUT2D eigenvalue weighted by molar-refractivity contribution is -0.150. The molecule has 0 radical (unpaired) electrons. The first-order chi connectivity index (χ1) is 24.9. The van der Waals surface area contributed by atoms with Gasteiger partial charge in [0.1, 0.15) is 19.0 Å². The first-order valence-corrected chi connectivity index (χ1v) is 17.1. The van der Waals surface area contributed by atoms with Gasteiger partial charge in [0, 0.05) is 11.8 Å². The molecule has 3 N–H and O–H groups in total. The second-order valence-corrected chi connectivity index (χ2v) is 14.7. The molecule has 0 saturated heterocycles. The van der Waals surface area contributed by atoms with Gasteiger partial charge in [-0.25, -0.2) is 28.2 Å². The molecule has 0 unspecified atom stereocenters. The highest BCUT2D eigenvalue weighted by molar-refractivity contribution is 6.32. The number of hydrogen-bond donors (Lipinski definition) is 2. The monoisotopic (exact) mass is 761 g/mol. The number of benzene rings is 2. The lowest BCUT2D eigenvalue weighted by Gasteiger charge is -2.35. The van der Waals surface area contributed by atoms with Gasteiger partial charge in [-0.05, 0) is 60.4 Å². The average Bonchev–Trinajstić information content (AvgIpc) is 3.49. The molecule has 1 fully saturated rings. The Balaban J connectivity index is 1.39. The second-order valence-electron chi connectivity index (χ2n) is 14.3. The summed E-state index contributed by atoms with van der Waals surface area (Å²) in [7, 11) is 0. The highest BCUT2D eigenvalue weighted by atomic mass is 35.5. The van der Waals surface area contributed by atoms with Crippen LogP contribution >= 0.6 is 11.6 Å². The van der Waals surface area contributed by atoms with E-state index in [1.54, 1.807) is 23.6 Å². The molecular formula is C35H37ClF5N9O3. The van der Waals surface area contributed by atoms with Crippen molar-refractivity contribution >= 4 is 29.6 Å². The maximum Gasteiger partial charge on any atom is 0.408 e. The van der Waals surface area contributed by atoms with E-state index in [4.69, 9.17) is 27.1 Å². The maximum atomic E-state index is 14.9. The number of hydrogen-bond acceptors (Lipinski definition) is 8. The van der Waals surface area contributed by atoms with Crippen LogP contribution in [-0.2, 0) is 15.1 Å². The summed E-state index contributed by atoms with van der Waals surface area (Å²) in [4.78, 5) is 37.0. The van der Waals surface area contributed by atoms with Crippen molar-refractivity contribution in [2.75, 3.05) is 6.61 Å². The number of ether oxygens (including phenoxy) is 1. The number of carbonyl (C=O) groups is 2. The molecule has 0 spiro atoms. The summed E-state index contributed by atoms with van der Waals surface area (Å²) < 4.78 is 75.3. The molecule has 3 atom stereocenters. The van der Waals surface area contributed by atoms with E-state index in [0.717, 1.165) is 46.8 Å². The summed E-state index contributed by atoms with van der Waals surface area (Å²) >= 11 is 6.42. The molecule has 12 nitrogen and oxygen atoms in total. The van der Waals surface area contributed by atoms with Crippen molar-refractivity contribution in [1.82, 2.24) is 34.8 Å². The van der Waals surface area contributed by atoms with Crippen LogP contribution in [0.3, 0.4) is 0 Å². The van der Waals surface area contributed by atoms with Gasteiger partial charge in [0.25, 0.3) is 12.3 Å². The minimum Gasteiger partial charge on any atom is -0.447 e. The molecule has 1 aliphatic heterocycles. The van der Waals surface area contributed by atoms with E-state index in [0.29, 0.717) is 11.6 Å². The van der Waals surface area contributed by atoms with E-state index < -0.39 is 60.1 Å². The van der Waals surface area contributed by atoms with Crippen molar-refractivity contribution in [2.24, 2.45) is 16.1 Å². The number of rotatable bonds is 11. The van der Waals surface area contributed by atoms with Crippen LogP contribution < -0.4 is 11.1 Å². The minimum atomic E-state index is -4.76. The van der Waals surface area contributed by atoms with Gasteiger partial charge in [-0.15, -0.1) is 0 Å². The van der Waals surface area contributed by atoms with Crippen molar-refractivity contribution in [3.63, 3.8) is 0 Å². The van der Waals surface area contributed by atoms with Crippen molar-refractivity contribution in [3.05, 3.63) is 83.2 Å². The van der Waals surface area contributed by atoms with Gasteiger partial charge in [-0.2, -0.15) is 23.4 Å². The van der Waals surface area contributed by atoms with Crippen LogP contribution in [0.25, 0.3) is 16.8 Å². The number of alkyl carbamates (subject to hydrolysis) is 1. The van der Waals surface area contributed by atoms with E-state index in [1.165, 1.54) is 18.2 Å². The van der Waals surface area contributed by atoms with Crippen LogP contribution in [0.4, 0.5) is 26.7 Å². The van der Waals surface area contributed by atoms with Crippen molar-refractivity contribution < 1.29 is 36.3 Å². The van der Waals surface area contributed by atoms with E-state index in [2.05, 4.69) is 15.2 Å². The topological polar surface area (TPSA) is 146 Å². The molecular weight excluding hydrogens is 725 g/mol. The summed E-state index contributed by atoms with van der Waals surface area (Å²) in [6.07, 6.45) is -2.23. The van der Waals surface area contributed by atoms with Gasteiger partial charge in [0.15, 0.2) is 17.3 Å². The zero-order valence-corrected chi connectivity index (χ0v) is 29.9. The fraction of sp³-hybridized carbons (Fsp3) is 0.429. The molecule has 2 aliphatic rings. The number of aromatic nitrogens is 5. The van der Waals surface area contributed by atoms with Gasteiger partial charge in [0.05, 0.1) is 29.0 Å². The van der Waals surface area contributed by atoms with Gasteiger partial charge < -0.3 is 15.8 Å². The molecule has 18 heteroatoms. The highest BCUT2D eigenvalue weighted by Crippen LogP contribution is 2.45. The van der Waals surface area contributed by atoms with E-state index in [9.17, 15) is 31.5 Å². The molecule has 2 aromatic carbocycles. The molecule has 2 aromatic heterocycles. The number of nitrogens with two attached hydrogens (primary N) is 1. The summed E-state index contributed by atoms with van der Waals surface area (Å²) in [5, 5.41) is 10.0. The van der Waals surface area contributed by atoms with E-state index in [-0.39, 0.29) is 28.7 Å². The third kappa shape index (κ3) is 7.84. The Kier molecular flexibility index (Phi) is 10.00. The van der Waals surface area contributed by atoms with Gasteiger partial charge >= 0.3 is 12.3 Å². The zero-order valence-electron chi connectivity index (χ0n) is 29.1. The Morgan fingerprint density at radius 1 is 1.09 bits per heavy atom. The Bertz CT molecular complexity index is 2020. The smallest absolute Gasteiger partial charge is 0.408 e. The second kappa shape index (κ2) is 14.1. The Morgan fingerprint density at radius 3 is 2.42 bits per heavy atom. The quantitative estimate of drug-likeness (QED) is 0.153. The summed E-state index contributed by atoms with van der Waals surface area (Å²) in [6.45, 7) is 5.80. The Labute approximate surface area is 306 Å². The van der Waals surface area contributed by atoms with Crippen LogP contribution in [0.5, 0.6) is 0 Å². The number of alkyl halides is 5. The lowest BCUT2D eigenvalue weighted by Crippen LogP contribution is -2.48. The fourth-order valence-corrected chi connectivity index (χ4v) is 6.50. The first kappa shape index (κ1) is 37.7. The lowest BCUT2D eigenvalue weighted by atomic mass is 9.75. The normalized spacial score (nSPS) is 19.0. The number of halogens is 6. The van der Waals surface area contributed by atoms with E-state index >= 15 is 0 Å². The Morgan fingerprint density at radius 2 is 1.79 bits per heavy atom. The zero-order chi connectivity index (χ0) is 38.5. The first-order valence-electron chi connectivity index (χ1n) is 16.7. The third-order valence-corrected chi connectivity index (χ3v) is 9.31. The van der Waals surface area contributed by atoms with E-state index in [1.807, 2.05) is 43.8 Å². The molecule has 6 rings (SSSR count). The molecule has 282 valence electrons. The van der Waals surface area contributed by atoms with Crippen molar-refractivity contribution in [1.29, 1.82) is 0 Å². The predicted molar refractivity (Wildman–Crippen MR) is 184 cm³/mol. The third-order valence-electron chi connectivity index (χ3n) is 8.99. The number of aliphatic imine (C=N–C) groups is 1. The van der Waals surface area contributed by atoms with Gasteiger partial charge in [0.2, 0.25) is 0 Å². The number of nitrogens with zero attached hydrogens (tertiary/aromatic N) is 7. The molecule has 4 aromatic rings. The molecule has 3 heterocycles. The molecule has 2 amide bonds. The SMILES string of the molecule is C[C@H](NC(=O)OC[C@H](c1ccc(Cl)c(-n2ncnc2C(F)F)c1)N1C(=O)[C@@](CC(C)(C)C)(c2ccc(-c3cnn(C4CC4)c3)cc2)N=C1N)C(F)(F)F. The number of guanidine groups is 1. The summed E-state index contributed by atoms with van der Waals surface area (Å²) in [6, 6.07) is 8.21. The highest BCUT2D eigenvalue weighted by Gasteiger charge is 2.53. The van der Waals surface area contributed by atoms with Crippen LogP contribution in [0, 0.1) is 5.41 Å².